The Hall–Kier alpha value is -1.86. The molecule has 0 saturated heterocycles. The summed E-state index contributed by atoms with van der Waals surface area (Å²) in [5, 5.41) is 0. The molecule has 0 aliphatic heterocycles. The summed E-state index contributed by atoms with van der Waals surface area (Å²) in [5.74, 6) is -10.8. The predicted molar refractivity (Wildman–Crippen MR) is 61.4 cm³/mol. The van der Waals surface area contributed by atoms with Crippen LogP contribution in [-0.2, 0) is 19.1 Å². The fourth-order valence-corrected chi connectivity index (χ4v) is 1.04. The van der Waals surface area contributed by atoms with Gasteiger partial charge in [-0.1, -0.05) is 13.2 Å². The van der Waals surface area contributed by atoms with Gasteiger partial charge < -0.3 is 9.47 Å². The average molecular weight is 298 g/mol. The van der Waals surface area contributed by atoms with Crippen molar-refractivity contribution in [3.63, 3.8) is 0 Å². The third-order valence-electron chi connectivity index (χ3n) is 2.19. The van der Waals surface area contributed by atoms with Gasteiger partial charge in [0.1, 0.15) is 0 Å². The molecule has 0 N–H and O–H groups in total. The number of rotatable bonds is 9. The molecule has 0 aliphatic rings. The van der Waals surface area contributed by atoms with Crippen molar-refractivity contribution in [2.24, 2.45) is 0 Å². The van der Waals surface area contributed by atoms with Crippen LogP contribution in [-0.4, -0.2) is 37.0 Å². The van der Waals surface area contributed by atoms with E-state index in [1.54, 1.807) is 0 Å². The Bertz CT molecular complexity index is 344. The first kappa shape index (κ1) is 18.1. The molecule has 0 heterocycles. The van der Waals surface area contributed by atoms with E-state index in [0.717, 1.165) is 12.2 Å². The molecule has 0 bridgehead atoms. The highest BCUT2D eigenvalue weighted by molar-refractivity contribution is 5.81. The zero-order valence-electron chi connectivity index (χ0n) is 10.5. The van der Waals surface area contributed by atoms with E-state index in [2.05, 4.69) is 22.6 Å². The maximum atomic E-state index is 13.2. The van der Waals surface area contributed by atoms with Gasteiger partial charge in [0, 0.05) is 12.2 Å². The molecule has 0 atom stereocenters. The van der Waals surface area contributed by atoms with E-state index in [-0.39, 0.29) is 0 Å². The first-order valence-electron chi connectivity index (χ1n) is 5.50. The predicted octanol–water partition coefficient (Wildman–Crippen LogP) is 2.50. The number of carbonyl (C=O) groups is 2. The highest BCUT2D eigenvalue weighted by Crippen LogP contribution is 2.39. The molecule has 4 nitrogen and oxygen atoms in total. The zero-order valence-corrected chi connectivity index (χ0v) is 10.5. The molecule has 0 aromatic heterocycles. The van der Waals surface area contributed by atoms with Crippen molar-refractivity contribution >= 4 is 11.9 Å². The molecular formula is C12H14F4O4. The topological polar surface area (TPSA) is 52.6 Å². The number of carbonyl (C=O) groups excluding carboxylic acids is 2. The van der Waals surface area contributed by atoms with E-state index in [1.807, 2.05) is 0 Å². The van der Waals surface area contributed by atoms with Crippen molar-refractivity contribution in [1.29, 1.82) is 0 Å². The Morgan fingerprint density at radius 1 is 0.850 bits per heavy atom. The van der Waals surface area contributed by atoms with Gasteiger partial charge in [-0.25, -0.2) is 9.59 Å². The lowest BCUT2D eigenvalue weighted by Crippen LogP contribution is -2.42. The molecule has 8 heteroatoms. The van der Waals surface area contributed by atoms with Gasteiger partial charge in [-0.3, -0.25) is 0 Å². The van der Waals surface area contributed by atoms with Crippen molar-refractivity contribution in [2.75, 3.05) is 13.2 Å². The van der Waals surface area contributed by atoms with Gasteiger partial charge in [0.25, 0.3) is 0 Å². The number of esters is 2. The summed E-state index contributed by atoms with van der Waals surface area (Å²) in [6, 6.07) is 0. The molecule has 0 rings (SSSR count). The van der Waals surface area contributed by atoms with E-state index in [4.69, 9.17) is 0 Å². The van der Waals surface area contributed by atoms with Crippen LogP contribution in [0.5, 0.6) is 0 Å². The second-order valence-corrected chi connectivity index (χ2v) is 3.65. The van der Waals surface area contributed by atoms with E-state index in [1.165, 1.54) is 0 Å². The fourth-order valence-electron chi connectivity index (χ4n) is 1.04. The molecule has 20 heavy (non-hydrogen) atoms. The van der Waals surface area contributed by atoms with Crippen LogP contribution in [0.25, 0.3) is 0 Å². The number of hydrogen-bond donors (Lipinski definition) is 0. The van der Waals surface area contributed by atoms with Crippen LogP contribution >= 0.6 is 0 Å². The third kappa shape index (κ3) is 5.85. The van der Waals surface area contributed by atoms with E-state index >= 15 is 0 Å². The summed E-state index contributed by atoms with van der Waals surface area (Å²) in [4.78, 5) is 21.2. The minimum absolute atomic E-state index is 0.727. The van der Waals surface area contributed by atoms with Crippen molar-refractivity contribution in [1.82, 2.24) is 0 Å². The lowest BCUT2D eigenvalue weighted by molar-refractivity contribution is -0.223. The van der Waals surface area contributed by atoms with Gasteiger partial charge in [0.2, 0.25) is 0 Å². The monoisotopic (exact) mass is 298 g/mol. The van der Waals surface area contributed by atoms with Crippen LogP contribution in [0.1, 0.15) is 12.8 Å². The Balaban J connectivity index is 4.32. The molecular weight excluding hydrogens is 284 g/mol. The molecule has 0 spiro atoms. The SMILES string of the molecule is C=CC(=O)OCCC(F)(F)C(F)(F)CCOC(=O)C=C. The Kier molecular flexibility index (Phi) is 6.95. The lowest BCUT2D eigenvalue weighted by Gasteiger charge is -2.26. The standard InChI is InChI=1S/C12H14F4O4/c1-3-9(17)19-7-5-11(13,14)12(15,16)6-8-20-10(18)4-2/h3-4H,1-2,5-8H2. The Morgan fingerprint density at radius 3 is 1.40 bits per heavy atom. The molecule has 114 valence electrons. The number of ether oxygens (including phenoxy) is 2. The zero-order chi connectivity index (χ0) is 15.8. The second-order valence-electron chi connectivity index (χ2n) is 3.65. The van der Waals surface area contributed by atoms with Crippen LogP contribution in [0.3, 0.4) is 0 Å². The minimum atomic E-state index is -4.39. The molecule has 0 aliphatic carbocycles. The molecule has 0 radical (unpaired) electrons. The van der Waals surface area contributed by atoms with Crippen LogP contribution in [0.4, 0.5) is 17.6 Å². The normalized spacial score (nSPS) is 11.6. The summed E-state index contributed by atoms with van der Waals surface area (Å²) in [7, 11) is 0. The molecule has 0 saturated carbocycles. The van der Waals surface area contributed by atoms with Crippen molar-refractivity contribution in [3.8, 4) is 0 Å². The summed E-state index contributed by atoms with van der Waals surface area (Å²) >= 11 is 0. The maximum Gasteiger partial charge on any atom is 0.330 e. The molecule has 0 aromatic rings. The summed E-state index contributed by atoms with van der Waals surface area (Å²) in [5.41, 5.74) is 0. The number of alkyl halides is 4. The average Bonchev–Trinajstić information content (AvgIpc) is 2.37. The highest BCUT2D eigenvalue weighted by Gasteiger charge is 2.55. The molecule has 0 aromatic carbocycles. The molecule has 0 unspecified atom stereocenters. The van der Waals surface area contributed by atoms with Gasteiger partial charge in [0.15, 0.2) is 0 Å². The maximum absolute atomic E-state index is 13.2. The number of halogens is 4. The van der Waals surface area contributed by atoms with Crippen molar-refractivity contribution in [3.05, 3.63) is 25.3 Å². The lowest BCUT2D eigenvalue weighted by atomic mass is 10.1. The van der Waals surface area contributed by atoms with Crippen LogP contribution in [0.15, 0.2) is 25.3 Å². The second kappa shape index (κ2) is 7.66. The van der Waals surface area contributed by atoms with Gasteiger partial charge in [-0.2, -0.15) is 17.6 Å². The van der Waals surface area contributed by atoms with Crippen LogP contribution in [0.2, 0.25) is 0 Å². The quantitative estimate of drug-likeness (QED) is 0.373. The highest BCUT2D eigenvalue weighted by atomic mass is 19.3. The van der Waals surface area contributed by atoms with E-state index < -0.39 is 49.8 Å². The minimum Gasteiger partial charge on any atom is -0.462 e. The third-order valence-corrected chi connectivity index (χ3v) is 2.19. The Labute approximate surface area is 113 Å². The molecule has 0 fully saturated rings. The largest absolute Gasteiger partial charge is 0.462 e. The summed E-state index contributed by atoms with van der Waals surface area (Å²) < 4.78 is 61.4. The van der Waals surface area contributed by atoms with Crippen molar-refractivity contribution in [2.45, 2.75) is 24.7 Å². The van der Waals surface area contributed by atoms with Gasteiger partial charge in [-0.05, 0) is 0 Å². The fraction of sp³-hybridized carbons (Fsp3) is 0.500. The smallest absolute Gasteiger partial charge is 0.330 e. The van der Waals surface area contributed by atoms with Gasteiger partial charge in [-0.15, -0.1) is 0 Å². The van der Waals surface area contributed by atoms with E-state index in [9.17, 15) is 27.2 Å². The van der Waals surface area contributed by atoms with Gasteiger partial charge >= 0.3 is 23.8 Å². The summed E-state index contributed by atoms with van der Waals surface area (Å²) in [6.45, 7) is 4.30. The van der Waals surface area contributed by atoms with Crippen molar-refractivity contribution < 1.29 is 36.6 Å². The molecule has 0 amide bonds. The van der Waals surface area contributed by atoms with Crippen LogP contribution < -0.4 is 0 Å². The number of hydrogen-bond acceptors (Lipinski definition) is 4. The first-order valence-corrected chi connectivity index (χ1v) is 5.50. The van der Waals surface area contributed by atoms with E-state index in [0.29, 0.717) is 0 Å². The van der Waals surface area contributed by atoms with Crippen LogP contribution in [0, 0.1) is 0 Å². The summed E-state index contributed by atoms with van der Waals surface area (Å²) in [6.07, 6.45) is -1.25. The van der Waals surface area contributed by atoms with Gasteiger partial charge in [0.05, 0.1) is 26.1 Å². The Morgan fingerprint density at radius 2 is 1.15 bits per heavy atom. The first-order chi connectivity index (χ1) is 9.16.